The standard InChI is InChI=1S/C16H19NO2/c1-12-9-13(7-8-16(12)19-2)10-17-15-6-4-3-5-14(15)11-18/h3-9,17-18H,10-11H2,1-2H3. The minimum Gasteiger partial charge on any atom is -0.496 e. The van der Waals surface area contributed by atoms with Gasteiger partial charge in [-0.1, -0.05) is 30.3 Å². The van der Waals surface area contributed by atoms with Gasteiger partial charge in [0.15, 0.2) is 0 Å². The maximum atomic E-state index is 9.27. The average molecular weight is 257 g/mol. The first-order valence-electron chi connectivity index (χ1n) is 6.30. The van der Waals surface area contributed by atoms with Gasteiger partial charge in [-0.25, -0.2) is 0 Å². The van der Waals surface area contributed by atoms with Gasteiger partial charge in [-0.3, -0.25) is 0 Å². The molecule has 2 aromatic carbocycles. The summed E-state index contributed by atoms with van der Waals surface area (Å²) >= 11 is 0. The van der Waals surface area contributed by atoms with Crippen LogP contribution in [0.3, 0.4) is 0 Å². The molecule has 2 rings (SSSR count). The molecule has 0 aliphatic rings. The summed E-state index contributed by atoms with van der Waals surface area (Å²) in [5.74, 6) is 0.902. The number of rotatable bonds is 5. The molecule has 0 aromatic heterocycles. The Bertz CT molecular complexity index is 552. The third-order valence-corrected chi connectivity index (χ3v) is 3.13. The minimum absolute atomic E-state index is 0.0464. The Morgan fingerprint density at radius 2 is 1.95 bits per heavy atom. The zero-order valence-corrected chi connectivity index (χ0v) is 11.3. The number of aryl methyl sites for hydroxylation is 1. The van der Waals surface area contributed by atoms with Crippen molar-refractivity contribution in [2.45, 2.75) is 20.1 Å². The number of methoxy groups -OCH3 is 1. The molecule has 0 spiro atoms. The highest BCUT2D eigenvalue weighted by atomic mass is 16.5. The maximum Gasteiger partial charge on any atom is 0.121 e. The molecule has 0 saturated carbocycles. The number of hydrogen-bond acceptors (Lipinski definition) is 3. The van der Waals surface area contributed by atoms with Crippen molar-refractivity contribution in [2.24, 2.45) is 0 Å². The number of ether oxygens (including phenoxy) is 1. The average Bonchev–Trinajstić information content (AvgIpc) is 2.45. The number of aliphatic hydroxyl groups excluding tert-OH is 1. The highest BCUT2D eigenvalue weighted by molar-refractivity contribution is 5.51. The van der Waals surface area contributed by atoms with E-state index < -0.39 is 0 Å². The molecular formula is C16H19NO2. The molecule has 0 heterocycles. The Balaban J connectivity index is 2.08. The topological polar surface area (TPSA) is 41.5 Å². The summed E-state index contributed by atoms with van der Waals surface area (Å²) in [6.45, 7) is 2.80. The van der Waals surface area contributed by atoms with Crippen molar-refractivity contribution in [1.29, 1.82) is 0 Å². The van der Waals surface area contributed by atoms with Crippen LogP contribution >= 0.6 is 0 Å². The monoisotopic (exact) mass is 257 g/mol. The van der Waals surface area contributed by atoms with Crippen LogP contribution in [0.15, 0.2) is 42.5 Å². The van der Waals surface area contributed by atoms with Crippen molar-refractivity contribution in [3.05, 3.63) is 59.2 Å². The summed E-state index contributed by atoms with van der Waals surface area (Å²) in [5.41, 5.74) is 4.19. The van der Waals surface area contributed by atoms with Crippen LogP contribution in [0.2, 0.25) is 0 Å². The first-order valence-corrected chi connectivity index (χ1v) is 6.30. The molecule has 0 radical (unpaired) electrons. The van der Waals surface area contributed by atoms with Crippen LogP contribution in [-0.2, 0) is 13.2 Å². The van der Waals surface area contributed by atoms with E-state index in [-0.39, 0.29) is 6.61 Å². The highest BCUT2D eigenvalue weighted by Gasteiger charge is 2.02. The van der Waals surface area contributed by atoms with E-state index in [1.54, 1.807) is 7.11 Å². The fourth-order valence-corrected chi connectivity index (χ4v) is 2.08. The second kappa shape index (κ2) is 6.25. The van der Waals surface area contributed by atoms with Crippen LogP contribution < -0.4 is 10.1 Å². The van der Waals surface area contributed by atoms with Crippen LogP contribution in [0.25, 0.3) is 0 Å². The fraction of sp³-hybridized carbons (Fsp3) is 0.250. The number of nitrogens with one attached hydrogen (secondary N) is 1. The maximum absolute atomic E-state index is 9.27. The first-order chi connectivity index (χ1) is 9.24. The number of benzene rings is 2. The van der Waals surface area contributed by atoms with Gasteiger partial charge in [0.1, 0.15) is 5.75 Å². The summed E-state index contributed by atoms with van der Waals surface area (Å²) in [6, 6.07) is 13.9. The molecule has 2 N–H and O–H groups in total. The summed E-state index contributed by atoms with van der Waals surface area (Å²) in [7, 11) is 1.68. The Labute approximate surface area is 113 Å². The summed E-state index contributed by atoms with van der Waals surface area (Å²) < 4.78 is 5.25. The van der Waals surface area contributed by atoms with E-state index in [1.807, 2.05) is 43.3 Å². The predicted molar refractivity (Wildman–Crippen MR) is 77.4 cm³/mol. The molecule has 0 atom stereocenters. The Hall–Kier alpha value is -2.00. The van der Waals surface area contributed by atoms with Gasteiger partial charge in [0.25, 0.3) is 0 Å². The molecule has 0 aliphatic heterocycles. The van der Waals surface area contributed by atoms with Gasteiger partial charge in [0, 0.05) is 17.8 Å². The van der Waals surface area contributed by atoms with E-state index in [9.17, 15) is 5.11 Å². The van der Waals surface area contributed by atoms with Crippen LogP contribution in [0, 0.1) is 6.92 Å². The van der Waals surface area contributed by atoms with E-state index in [1.165, 1.54) is 5.56 Å². The van der Waals surface area contributed by atoms with Crippen LogP contribution in [0.5, 0.6) is 5.75 Å². The number of para-hydroxylation sites is 1. The molecule has 0 aliphatic carbocycles. The van der Waals surface area contributed by atoms with Crippen molar-refractivity contribution in [2.75, 3.05) is 12.4 Å². The molecule has 0 fully saturated rings. The lowest BCUT2D eigenvalue weighted by molar-refractivity contribution is 0.282. The van der Waals surface area contributed by atoms with Gasteiger partial charge >= 0.3 is 0 Å². The summed E-state index contributed by atoms with van der Waals surface area (Å²) in [4.78, 5) is 0. The molecular weight excluding hydrogens is 238 g/mol. The minimum atomic E-state index is 0.0464. The normalized spacial score (nSPS) is 10.3. The van der Waals surface area contributed by atoms with Gasteiger partial charge in [-0.05, 0) is 30.2 Å². The smallest absolute Gasteiger partial charge is 0.121 e. The lowest BCUT2D eigenvalue weighted by Gasteiger charge is -2.12. The first kappa shape index (κ1) is 13.4. The molecule has 19 heavy (non-hydrogen) atoms. The zero-order valence-electron chi connectivity index (χ0n) is 11.3. The van der Waals surface area contributed by atoms with Crippen LogP contribution in [0.1, 0.15) is 16.7 Å². The van der Waals surface area contributed by atoms with Crippen molar-refractivity contribution < 1.29 is 9.84 Å². The van der Waals surface area contributed by atoms with E-state index in [0.29, 0.717) is 0 Å². The third kappa shape index (κ3) is 3.26. The highest BCUT2D eigenvalue weighted by Crippen LogP contribution is 2.20. The molecule has 0 unspecified atom stereocenters. The largest absolute Gasteiger partial charge is 0.496 e. The van der Waals surface area contributed by atoms with Crippen molar-refractivity contribution in [3.63, 3.8) is 0 Å². The quantitative estimate of drug-likeness (QED) is 0.864. The predicted octanol–water partition coefficient (Wildman–Crippen LogP) is 3.11. The Morgan fingerprint density at radius 3 is 2.63 bits per heavy atom. The van der Waals surface area contributed by atoms with Crippen LogP contribution in [0.4, 0.5) is 5.69 Å². The number of hydrogen-bond donors (Lipinski definition) is 2. The molecule has 3 nitrogen and oxygen atoms in total. The number of anilines is 1. The fourth-order valence-electron chi connectivity index (χ4n) is 2.08. The molecule has 100 valence electrons. The van der Waals surface area contributed by atoms with Gasteiger partial charge in [0.05, 0.1) is 13.7 Å². The second-order valence-corrected chi connectivity index (χ2v) is 4.47. The summed E-state index contributed by atoms with van der Waals surface area (Å²) in [6.07, 6.45) is 0. The molecule has 0 bridgehead atoms. The Morgan fingerprint density at radius 1 is 1.16 bits per heavy atom. The zero-order chi connectivity index (χ0) is 13.7. The molecule has 0 amide bonds. The van der Waals surface area contributed by atoms with Crippen molar-refractivity contribution in [3.8, 4) is 5.75 Å². The lowest BCUT2D eigenvalue weighted by Crippen LogP contribution is -2.03. The number of aliphatic hydroxyl groups is 1. The Kier molecular flexibility index (Phi) is 4.42. The van der Waals surface area contributed by atoms with E-state index in [0.717, 1.165) is 29.1 Å². The lowest BCUT2D eigenvalue weighted by atomic mass is 10.1. The summed E-state index contributed by atoms with van der Waals surface area (Å²) in [5, 5.41) is 12.6. The van der Waals surface area contributed by atoms with E-state index in [2.05, 4.69) is 11.4 Å². The van der Waals surface area contributed by atoms with Gasteiger partial charge < -0.3 is 15.2 Å². The molecule has 0 saturated heterocycles. The van der Waals surface area contributed by atoms with E-state index >= 15 is 0 Å². The third-order valence-electron chi connectivity index (χ3n) is 3.13. The van der Waals surface area contributed by atoms with Gasteiger partial charge in [-0.2, -0.15) is 0 Å². The SMILES string of the molecule is COc1ccc(CNc2ccccc2CO)cc1C. The molecule has 3 heteroatoms. The van der Waals surface area contributed by atoms with Crippen LogP contribution in [-0.4, -0.2) is 12.2 Å². The van der Waals surface area contributed by atoms with E-state index in [4.69, 9.17) is 4.74 Å². The van der Waals surface area contributed by atoms with Crippen molar-refractivity contribution in [1.82, 2.24) is 0 Å². The van der Waals surface area contributed by atoms with Crippen molar-refractivity contribution >= 4 is 5.69 Å². The van der Waals surface area contributed by atoms with Gasteiger partial charge in [0.2, 0.25) is 0 Å². The molecule has 2 aromatic rings. The second-order valence-electron chi connectivity index (χ2n) is 4.47. The van der Waals surface area contributed by atoms with Gasteiger partial charge in [-0.15, -0.1) is 0 Å².